The van der Waals surface area contributed by atoms with Crippen LogP contribution in [0.15, 0.2) is 46.2 Å². The maximum Gasteiger partial charge on any atom is 0.194 e. The molecule has 0 bridgehead atoms. The van der Waals surface area contributed by atoms with Crippen molar-refractivity contribution in [3.63, 3.8) is 0 Å². The Labute approximate surface area is 206 Å². The third-order valence-electron chi connectivity index (χ3n) is 4.75. The summed E-state index contributed by atoms with van der Waals surface area (Å²) in [5.41, 5.74) is -0.569. The van der Waals surface area contributed by atoms with Crippen LogP contribution in [0.3, 0.4) is 0 Å². The van der Waals surface area contributed by atoms with Gasteiger partial charge in [0.1, 0.15) is 23.3 Å². The molecule has 0 aliphatic heterocycles. The van der Waals surface area contributed by atoms with Crippen LogP contribution in [0.4, 0.5) is 13.2 Å². The van der Waals surface area contributed by atoms with Gasteiger partial charge in [0.2, 0.25) is 0 Å². The summed E-state index contributed by atoms with van der Waals surface area (Å²) in [5.74, 6) is -4.23. The SMILES string of the molecule is CO[C@@H](Cn1cc(-c2cc(F)c(F)c(F)c2)nn1)C(OC(CO)[C@@H](C)O)Sc1cncc(Br)c1. The molecular weight excluding hydrogens is 541 g/mol. The van der Waals surface area contributed by atoms with Gasteiger partial charge in [0.15, 0.2) is 17.5 Å². The van der Waals surface area contributed by atoms with Crippen LogP contribution in [0.2, 0.25) is 0 Å². The highest BCUT2D eigenvalue weighted by Crippen LogP contribution is 2.31. The van der Waals surface area contributed by atoms with E-state index < -0.39 is 47.8 Å². The summed E-state index contributed by atoms with van der Waals surface area (Å²) in [7, 11) is 1.46. The zero-order chi connectivity index (χ0) is 24.8. The molecule has 3 aromatic rings. The van der Waals surface area contributed by atoms with Crippen molar-refractivity contribution in [2.75, 3.05) is 13.7 Å². The molecule has 0 saturated heterocycles. The first-order valence-electron chi connectivity index (χ1n) is 10.0. The van der Waals surface area contributed by atoms with Crippen LogP contribution in [0, 0.1) is 17.5 Å². The second kappa shape index (κ2) is 12.1. The van der Waals surface area contributed by atoms with Crippen molar-refractivity contribution in [1.29, 1.82) is 0 Å². The third-order valence-corrected chi connectivity index (χ3v) is 6.33. The van der Waals surface area contributed by atoms with Crippen molar-refractivity contribution in [2.24, 2.45) is 0 Å². The van der Waals surface area contributed by atoms with Gasteiger partial charge in [-0.05, 0) is 41.1 Å². The highest BCUT2D eigenvalue weighted by Gasteiger charge is 2.29. The van der Waals surface area contributed by atoms with Gasteiger partial charge >= 0.3 is 0 Å². The Kier molecular flexibility index (Phi) is 9.45. The van der Waals surface area contributed by atoms with E-state index in [1.807, 2.05) is 6.07 Å². The Morgan fingerprint density at radius 1 is 1.15 bits per heavy atom. The predicted octanol–water partition coefficient (Wildman–Crippen LogP) is 3.41. The van der Waals surface area contributed by atoms with E-state index in [-0.39, 0.29) is 17.8 Å². The first-order valence-corrected chi connectivity index (χ1v) is 11.7. The van der Waals surface area contributed by atoms with Gasteiger partial charge in [-0.2, -0.15) is 0 Å². The molecule has 4 atom stereocenters. The van der Waals surface area contributed by atoms with E-state index in [0.29, 0.717) is 0 Å². The number of aromatic nitrogens is 4. The molecule has 1 aromatic carbocycles. The number of hydrogen-bond donors (Lipinski definition) is 2. The Balaban J connectivity index is 1.84. The molecule has 2 unspecified atom stereocenters. The Bertz CT molecular complexity index is 1080. The molecule has 34 heavy (non-hydrogen) atoms. The second-order valence-electron chi connectivity index (χ2n) is 7.28. The molecule has 184 valence electrons. The lowest BCUT2D eigenvalue weighted by molar-refractivity contribution is -0.105. The molecule has 2 heterocycles. The van der Waals surface area contributed by atoms with Gasteiger partial charge in [-0.3, -0.25) is 4.98 Å². The van der Waals surface area contributed by atoms with Gasteiger partial charge in [0, 0.05) is 34.4 Å². The van der Waals surface area contributed by atoms with Gasteiger partial charge in [-0.1, -0.05) is 17.0 Å². The number of methoxy groups -OCH3 is 1. The maximum absolute atomic E-state index is 13.6. The standard InChI is InChI=1S/C21H22BrF3N4O4S/c1-11(31)19(10-30)33-21(34-14-5-13(22)6-26-7-14)18(32-2)9-29-8-17(27-28-29)12-3-15(23)20(25)16(24)4-12/h3-8,11,18-19,21,30-31H,9-10H2,1-2H3/t11-,18+,19?,21?/m1/s1. The Morgan fingerprint density at radius 3 is 2.44 bits per heavy atom. The summed E-state index contributed by atoms with van der Waals surface area (Å²) in [6.45, 7) is 1.18. The first-order chi connectivity index (χ1) is 16.2. The van der Waals surface area contributed by atoms with Crippen molar-refractivity contribution in [3.8, 4) is 11.3 Å². The van der Waals surface area contributed by atoms with E-state index in [1.165, 1.54) is 36.7 Å². The molecule has 0 amide bonds. The van der Waals surface area contributed by atoms with Crippen molar-refractivity contribution >= 4 is 27.7 Å². The van der Waals surface area contributed by atoms with Crippen molar-refractivity contribution in [2.45, 2.75) is 42.1 Å². The van der Waals surface area contributed by atoms with Gasteiger partial charge in [-0.15, -0.1) is 5.10 Å². The van der Waals surface area contributed by atoms with Gasteiger partial charge < -0.3 is 19.7 Å². The fourth-order valence-corrected chi connectivity index (χ4v) is 4.59. The predicted molar refractivity (Wildman–Crippen MR) is 121 cm³/mol. The zero-order valence-electron chi connectivity index (χ0n) is 18.1. The van der Waals surface area contributed by atoms with E-state index in [9.17, 15) is 23.4 Å². The lowest BCUT2D eigenvalue weighted by Gasteiger charge is -2.30. The average Bonchev–Trinajstić information content (AvgIpc) is 3.27. The topological polar surface area (TPSA) is 103 Å². The third kappa shape index (κ3) is 6.77. The molecule has 8 nitrogen and oxygen atoms in total. The number of hydrogen-bond acceptors (Lipinski definition) is 8. The van der Waals surface area contributed by atoms with Crippen LogP contribution in [0.25, 0.3) is 11.3 Å². The summed E-state index contributed by atoms with van der Waals surface area (Å²) in [5, 5.41) is 27.4. The molecule has 0 saturated carbocycles. The number of benzene rings is 1. The van der Waals surface area contributed by atoms with Crippen LogP contribution in [0.5, 0.6) is 0 Å². The van der Waals surface area contributed by atoms with E-state index in [0.717, 1.165) is 21.5 Å². The Hall–Kier alpha value is -2.03. The monoisotopic (exact) mass is 562 g/mol. The second-order valence-corrected chi connectivity index (χ2v) is 9.36. The average molecular weight is 563 g/mol. The largest absolute Gasteiger partial charge is 0.394 e. The molecule has 0 spiro atoms. The number of ether oxygens (including phenoxy) is 2. The lowest BCUT2D eigenvalue weighted by Crippen LogP contribution is -2.40. The van der Waals surface area contributed by atoms with Gasteiger partial charge in [-0.25, -0.2) is 17.9 Å². The highest BCUT2D eigenvalue weighted by molar-refractivity contribution is 9.10. The van der Waals surface area contributed by atoms with Crippen LogP contribution >= 0.6 is 27.7 Å². The van der Waals surface area contributed by atoms with E-state index >= 15 is 0 Å². The molecule has 0 radical (unpaired) electrons. The van der Waals surface area contributed by atoms with E-state index in [1.54, 1.807) is 12.4 Å². The maximum atomic E-state index is 13.6. The van der Waals surface area contributed by atoms with E-state index in [4.69, 9.17) is 9.47 Å². The van der Waals surface area contributed by atoms with Crippen LogP contribution in [-0.4, -0.2) is 67.7 Å². The molecule has 2 aromatic heterocycles. The smallest absolute Gasteiger partial charge is 0.194 e. The fraction of sp³-hybridized carbons (Fsp3) is 0.381. The molecule has 3 rings (SSSR count). The Morgan fingerprint density at radius 2 is 1.85 bits per heavy atom. The van der Waals surface area contributed by atoms with E-state index in [2.05, 4.69) is 31.2 Å². The number of rotatable bonds is 11. The minimum atomic E-state index is -1.56. The zero-order valence-corrected chi connectivity index (χ0v) is 20.5. The minimum Gasteiger partial charge on any atom is -0.394 e. The van der Waals surface area contributed by atoms with Crippen molar-refractivity contribution < 1.29 is 32.9 Å². The number of halogens is 4. The molecular formula is C21H22BrF3N4O4S. The lowest BCUT2D eigenvalue weighted by atomic mass is 10.1. The summed E-state index contributed by atoms with van der Waals surface area (Å²) in [6.07, 6.45) is 2.18. The molecule has 2 N–H and O–H groups in total. The minimum absolute atomic E-state index is 0.0217. The molecule has 0 aliphatic rings. The summed E-state index contributed by atoms with van der Waals surface area (Å²) in [6, 6.07) is 3.48. The van der Waals surface area contributed by atoms with Gasteiger partial charge in [0.25, 0.3) is 0 Å². The number of aliphatic hydroxyl groups excluding tert-OH is 2. The van der Waals surface area contributed by atoms with Crippen LogP contribution in [0.1, 0.15) is 6.92 Å². The first kappa shape index (κ1) is 26.6. The normalized spacial score (nSPS) is 15.2. The highest BCUT2D eigenvalue weighted by atomic mass is 79.9. The van der Waals surface area contributed by atoms with Gasteiger partial charge in [0.05, 0.1) is 25.5 Å². The summed E-state index contributed by atoms with van der Waals surface area (Å²) in [4.78, 5) is 4.86. The fourth-order valence-electron chi connectivity index (χ4n) is 2.94. The molecule has 0 fully saturated rings. The summed E-state index contributed by atoms with van der Waals surface area (Å²) >= 11 is 4.62. The number of aliphatic hydroxyl groups is 2. The van der Waals surface area contributed by atoms with Crippen LogP contribution in [-0.2, 0) is 16.0 Å². The summed E-state index contributed by atoms with van der Waals surface area (Å²) < 4.78 is 54.2. The van der Waals surface area contributed by atoms with Crippen molar-refractivity contribution in [1.82, 2.24) is 20.0 Å². The van der Waals surface area contributed by atoms with Crippen molar-refractivity contribution in [3.05, 3.63) is 58.7 Å². The number of pyridine rings is 1. The number of thioether (sulfide) groups is 1. The molecule has 0 aliphatic carbocycles. The van der Waals surface area contributed by atoms with Crippen LogP contribution < -0.4 is 0 Å². The quantitative estimate of drug-likeness (QED) is 0.208. The number of nitrogens with zero attached hydrogens (tertiary/aromatic N) is 4. The molecule has 13 heteroatoms.